The van der Waals surface area contributed by atoms with Gasteiger partial charge in [-0.1, -0.05) is 60.9 Å². The highest BCUT2D eigenvalue weighted by atomic mass is 16.6. The first-order chi connectivity index (χ1) is 18.7. The van der Waals surface area contributed by atoms with Gasteiger partial charge in [0.15, 0.2) is 23.6 Å². The molecule has 1 aromatic heterocycles. The number of methoxy groups -OCH3 is 1. The van der Waals surface area contributed by atoms with Gasteiger partial charge in [-0.25, -0.2) is 19.7 Å². The van der Waals surface area contributed by atoms with Crippen molar-refractivity contribution in [3.63, 3.8) is 0 Å². The zero-order chi connectivity index (χ0) is 28.1. The van der Waals surface area contributed by atoms with Gasteiger partial charge < -0.3 is 14.6 Å². The normalized spacial score (nSPS) is 11.7. The quantitative estimate of drug-likeness (QED) is 0.237. The maximum Gasteiger partial charge on any atom is 0.347 e. The van der Waals surface area contributed by atoms with Crippen molar-refractivity contribution in [2.45, 2.75) is 60.0 Å². The van der Waals surface area contributed by atoms with Gasteiger partial charge >= 0.3 is 5.97 Å². The molecule has 0 saturated heterocycles. The number of carbonyl (C=O) groups is 1. The highest BCUT2D eigenvalue weighted by molar-refractivity contribution is 5.75. The molecule has 0 saturated carbocycles. The van der Waals surface area contributed by atoms with E-state index >= 15 is 0 Å². The maximum absolute atomic E-state index is 12.2. The van der Waals surface area contributed by atoms with Crippen LogP contribution in [0.1, 0.15) is 48.4 Å². The number of benzene rings is 3. The Hall–Kier alpha value is -4.26. The fourth-order valence-corrected chi connectivity index (χ4v) is 4.55. The molecular weight excluding hydrogens is 490 g/mol. The van der Waals surface area contributed by atoms with Gasteiger partial charge in [0.05, 0.1) is 12.7 Å². The third-order valence-corrected chi connectivity index (χ3v) is 6.65. The largest absolute Gasteiger partial charge is 0.507 e. The van der Waals surface area contributed by atoms with Crippen molar-refractivity contribution in [2.24, 2.45) is 0 Å². The molecule has 1 heterocycles. The third kappa shape index (κ3) is 6.42. The van der Waals surface area contributed by atoms with E-state index in [0.29, 0.717) is 35.2 Å². The molecule has 0 amide bonds. The summed E-state index contributed by atoms with van der Waals surface area (Å²) in [6, 6.07) is 17.1. The van der Waals surface area contributed by atoms with Gasteiger partial charge in [-0.2, -0.15) is 0 Å². The molecule has 1 atom stereocenters. The third-order valence-electron chi connectivity index (χ3n) is 6.65. The van der Waals surface area contributed by atoms with Crippen LogP contribution in [0.4, 0.5) is 0 Å². The predicted molar refractivity (Wildman–Crippen MR) is 153 cm³/mol. The van der Waals surface area contributed by atoms with E-state index in [1.807, 2.05) is 58.9 Å². The number of phenolic OH excluding ortho intramolecular Hbond substituents is 1. The van der Waals surface area contributed by atoms with Gasteiger partial charge in [0, 0.05) is 17.2 Å². The Kier molecular flexibility index (Phi) is 8.59. The summed E-state index contributed by atoms with van der Waals surface area (Å²) >= 11 is 0. The van der Waals surface area contributed by atoms with Crippen LogP contribution in [0, 0.1) is 27.7 Å². The van der Waals surface area contributed by atoms with Crippen LogP contribution in [-0.4, -0.2) is 39.2 Å². The first-order valence-electron chi connectivity index (χ1n) is 13.2. The number of rotatable bonds is 9. The molecule has 202 valence electrons. The second kappa shape index (κ2) is 12.1. The summed E-state index contributed by atoms with van der Waals surface area (Å²) in [4.78, 5) is 26.6. The molecule has 0 bridgehead atoms. The number of aromatic hydroxyl groups is 1. The summed E-state index contributed by atoms with van der Waals surface area (Å²) in [5, 5.41) is 11.0. The number of hydrogen-bond donors (Lipinski definition) is 1. The summed E-state index contributed by atoms with van der Waals surface area (Å²) in [6.45, 7) is 10.2. The summed E-state index contributed by atoms with van der Waals surface area (Å²) < 4.78 is 10.8. The van der Waals surface area contributed by atoms with Gasteiger partial charge in [-0.05, 0) is 63.8 Å². The summed E-state index contributed by atoms with van der Waals surface area (Å²) in [5.41, 5.74) is 6.62. The summed E-state index contributed by atoms with van der Waals surface area (Å²) in [7, 11) is 1.34. The number of ether oxygens (including phenoxy) is 2. The van der Waals surface area contributed by atoms with Crippen LogP contribution in [0.2, 0.25) is 0 Å². The second-order valence-corrected chi connectivity index (χ2v) is 9.89. The van der Waals surface area contributed by atoms with Crippen molar-refractivity contribution in [1.82, 2.24) is 15.0 Å². The molecule has 0 spiro atoms. The lowest BCUT2D eigenvalue weighted by Crippen LogP contribution is -2.28. The molecule has 0 aliphatic heterocycles. The number of nitrogens with zero attached hydrogens (tertiary/aromatic N) is 3. The minimum absolute atomic E-state index is 0.0593. The standard InChI is InChI=1S/C32H35N3O4/c1-7-8-9-28(32(37)38-6)39-23-12-15-26(27(36)18-23)31-34-29(24-13-10-19(2)16-21(24)4)33-30(35-31)25-14-11-20(3)17-22(25)5/h10-18,28,36H,7-9H2,1-6H3. The van der Waals surface area contributed by atoms with Gasteiger partial charge in [0.1, 0.15) is 11.5 Å². The minimum atomic E-state index is -0.746. The van der Waals surface area contributed by atoms with Crippen LogP contribution in [0.3, 0.4) is 0 Å². The number of aromatic nitrogens is 3. The summed E-state index contributed by atoms with van der Waals surface area (Å²) in [5.74, 6) is 1.25. The highest BCUT2D eigenvalue weighted by Gasteiger charge is 2.22. The molecule has 0 aliphatic carbocycles. The zero-order valence-corrected chi connectivity index (χ0v) is 23.4. The van der Waals surface area contributed by atoms with Crippen molar-refractivity contribution < 1.29 is 19.4 Å². The topological polar surface area (TPSA) is 94.4 Å². The average molecular weight is 526 g/mol. The number of esters is 1. The second-order valence-electron chi connectivity index (χ2n) is 9.89. The Balaban J connectivity index is 1.79. The first kappa shape index (κ1) is 27.8. The Bertz CT molecular complexity index is 1430. The van der Waals surface area contributed by atoms with E-state index in [1.54, 1.807) is 12.1 Å². The van der Waals surface area contributed by atoms with E-state index in [4.69, 9.17) is 24.4 Å². The molecule has 7 heteroatoms. The van der Waals surface area contributed by atoms with Gasteiger partial charge in [0.25, 0.3) is 0 Å². The number of hydrogen-bond acceptors (Lipinski definition) is 7. The van der Waals surface area contributed by atoms with E-state index in [0.717, 1.165) is 46.2 Å². The van der Waals surface area contributed by atoms with Crippen LogP contribution in [0.15, 0.2) is 54.6 Å². The lowest BCUT2D eigenvalue weighted by molar-refractivity contribution is -0.149. The Morgan fingerprint density at radius 3 is 1.77 bits per heavy atom. The molecular formula is C32H35N3O4. The molecule has 3 aromatic carbocycles. The number of aryl methyl sites for hydroxylation is 4. The van der Waals surface area contributed by atoms with E-state index in [9.17, 15) is 9.90 Å². The van der Waals surface area contributed by atoms with E-state index in [-0.39, 0.29) is 5.75 Å². The highest BCUT2D eigenvalue weighted by Crippen LogP contribution is 2.34. The fraction of sp³-hybridized carbons (Fsp3) is 0.312. The van der Waals surface area contributed by atoms with Crippen LogP contribution < -0.4 is 4.74 Å². The molecule has 0 aliphatic rings. The van der Waals surface area contributed by atoms with Crippen LogP contribution in [0.5, 0.6) is 11.5 Å². The van der Waals surface area contributed by atoms with Gasteiger partial charge in [0.2, 0.25) is 0 Å². The summed E-state index contributed by atoms with van der Waals surface area (Å²) in [6.07, 6.45) is 1.52. The maximum atomic E-state index is 12.2. The van der Waals surface area contributed by atoms with Crippen molar-refractivity contribution >= 4 is 5.97 Å². The minimum Gasteiger partial charge on any atom is -0.507 e. The van der Waals surface area contributed by atoms with Gasteiger partial charge in [-0.15, -0.1) is 0 Å². The molecule has 0 fully saturated rings. The van der Waals surface area contributed by atoms with E-state index < -0.39 is 12.1 Å². The van der Waals surface area contributed by atoms with E-state index in [2.05, 4.69) is 12.1 Å². The van der Waals surface area contributed by atoms with Crippen molar-refractivity contribution in [3.05, 3.63) is 76.9 Å². The Labute approximate surface area is 229 Å². The molecule has 1 N–H and O–H groups in total. The SMILES string of the molecule is CCCCC(Oc1ccc(-c2nc(-c3ccc(C)cc3C)nc(-c3ccc(C)cc3C)n2)c(O)c1)C(=O)OC. The van der Waals surface area contributed by atoms with Crippen molar-refractivity contribution in [2.75, 3.05) is 7.11 Å². The lowest BCUT2D eigenvalue weighted by atomic mass is 10.0. The predicted octanol–water partition coefficient (Wildman–Crippen LogP) is 6.92. The fourth-order valence-electron chi connectivity index (χ4n) is 4.55. The van der Waals surface area contributed by atoms with Crippen molar-refractivity contribution in [3.8, 4) is 45.7 Å². The number of phenols is 1. The van der Waals surface area contributed by atoms with Crippen LogP contribution in [-0.2, 0) is 9.53 Å². The smallest absolute Gasteiger partial charge is 0.347 e. The molecule has 1 unspecified atom stereocenters. The number of carbonyl (C=O) groups excluding carboxylic acids is 1. The molecule has 4 aromatic rings. The van der Waals surface area contributed by atoms with E-state index in [1.165, 1.54) is 13.2 Å². The lowest BCUT2D eigenvalue weighted by Gasteiger charge is -2.17. The molecule has 39 heavy (non-hydrogen) atoms. The first-order valence-corrected chi connectivity index (χ1v) is 13.2. The van der Waals surface area contributed by atoms with Gasteiger partial charge in [-0.3, -0.25) is 0 Å². The number of unbranched alkanes of at least 4 members (excludes halogenated alkanes) is 1. The Morgan fingerprint density at radius 2 is 1.31 bits per heavy atom. The monoisotopic (exact) mass is 525 g/mol. The van der Waals surface area contributed by atoms with Crippen LogP contribution >= 0.6 is 0 Å². The molecule has 7 nitrogen and oxygen atoms in total. The molecule has 4 rings (SSSR count). The Morgan fingerprint density at radius 1 is 0.795 bits per heavy atom. The van der Waals surface area contributed by atoms with Crippen LogP contribution in [0.25, 0.3) is 34.2 Å². The zero-order valence-electron chi connectivity index (χ0n) is 23.4. The molecule has 0 radical (unpaired) electrons. The van der Waals surface area contributed by atoms with Crippen molar-refractivity contribution in [1.29, 1.82) is 0 Å². The average Bonchev–Trinajstić information content (AvgIpc) is 2.90.